The Morgan fingerprint density at radius 1 is 1.33 bits per heavy atom. The Morgan fingerprint density at radius 3 is 2.76 bits per heavy atom. The van der Waals surface area contributed by atoms with E-state index in [0.29, 0.717) is 5.96 Å². The average molecular weight is 309 g/mol. The topological polar surface area (TPSA) is 56.9 Å². The van der Waals surface area contributed by atoms with Gasteiger partial charge in [-0.1, -0.05) is 13.0 Å². The van der Waals surface area contributed by atoms with E-state index in [1.54, 1.807) is 11.3 Å². The number of piperazine rings is 1. The highest BCUT2D eigenvalue weighted by Gasteiger charge is 2.14. The Morgan fingerprint density at radius 2 is 2.10 bits per heavy atom. The van der Waals surface area contributed by atoms with Crippen molar-refractivity contribution in [1.82, 2.24) is 15.1 Å². The van der Waals surface area contributed by atoms with Crippen LogP contribution in [0.3, 0.4) is 0 Å². The third-order valence-corrected chi connectivity index (χ3v) is 4.80. The van der Waals surface area contributed by atoms with Gasteiger partial charge >= 0.3 is 0 Å². The number of guanidine groups is 1. The van der Waals surface area contributed by atoms with E-state index in [9.17, 15) is 0 Å². The fraction of sp³-hybridized carbons (Fsp3) is 0.667. The van der Waals surface area contributed by atoms with Gasteiger partial charge in [0, 0.05) is 44.1 Å². The first-order chi connectivity index (χ1) is 10.3. The van der Waals surface area contributed by atoms with Gasteiger partial charge in [0.25, 0.3) is 0 Å². The van der Waals surface area contributed by atoms with E-state index in [2.05, 4.69) is 44.5 Å². The standard InChI is InChI=1S/C15H27N5S/c1-2-19-9-11-20(12-10-19)8-7-18-15(16)17-6-5-14-4-3-13-21-14/h3-4,13H,2,5-12H2,1H3,(H3,16,17,18). The maximum absolute atomic E-state index is 5.89. The summed E-state index contributed by atoms with van der Waals surface area (Å²) in [6, 6.07) is 4.23. The molecule has 1 aliphatic rings. The second-order valence-electron chi connectivity index (χ2n) is 5.30. The Labute approximate surface area is 131 Å². The summed E-state index contributed by atoms with van der Waals surface area (Å²) in [5.41, 5.74) is 5.89. The molecule has 0 saturated carbocycles. The van der Waals surface area contributed by atoms with Gasteiger partial charge in [-0.05, 0) is 24.4 Å². The molecule has 1 saturated heterocycles. The second kappa shape index (κ2) is 9.02. The molecule has 0 radical (unpaired) electrons. The average Bonchev–Trinajstić information content (AvgIpc) is 3.01. The Balaban J connectivity index is 1.56. The Hall–Kier alpha value is -1.11. The number of likely N-dealkylation sites (N-methyl/N-ethyl adjacent to an activating group) is 1. The zero-order valence-corrected chi connectivity index (χ0v) is 13.7. The number of aliphatic imine (C=N–C) groups is 1. The van der Waals surface area contributed by atoms with Gasteiger partial charge in [0.1, 0.15) is 0 Å². The first-order valence-corrected chi connectivity index (χ1v) is 8.66. The monoisotopic (exact) mass is 309 g/mol. The van der Waals surface area contributed by atoms with E-state index in [0.717, 1.165) is 45.7 Å². The van der Waals surface area contributed by atoms with Gasteiger partial charge < -0.3 is 16.0 Å². The molecule has 0 aromatic carbocycles. The number of hydrogen-bond acceptors (Lipinski definition) is 4. The largest absolute Gasteiger partial charge is 0.370 e. The third kappa shape index (κ3) is 6.03. The molecule has 1 aromatic rings. The third-order valence-electron chi connectivity index (χ3n) is 3.87. The molecule has 0 atom stereocenters. The molecule has 5 nitrogen and oxygen atoms in total. The lowest BCUT2D eigenvalue weighted by Crippen LogP contribution is -2.47. The summed E-state index contributed by atoms with van der Waals surface area (Å²) in [5.74, 6) is 0.568. The van der Waals surface area contributed by atoms with Gasteiger partial charge in [0.05, 0.1) is 6.54 Å². The molecule has 2 heterocycles. The van der Waals surface area contributed by atoms with E-state index >= 15 is 0 Å². The van der Waals surface area contributed by atoms with E-state index in [1.807, 2.05) is 0 Å². The van der Waals surface area contributed by atoms with E-state index in [4.69, 9.17) is 5.73 Å². The van der Waals surface area contributed by atoms with Crippen LogP contribution in [0.4, 0.5) is 0 Å². The van der Waals surface area contributed by atoms with Gasteiger partial charge in [0.2, 0.25) is 0 Å². The first-order valence-electron chi connectivity index (χ1n) is 7.79. The molecule has 0 aliphatic carbocycles. The number of thiophene rings is 1. The minimum atomic E-state index is 0.568. The fourth-order valence-electron chi connectivity index (χ4n) is 2.47. The van der Waals surface area contributed by atoms with Gasteiger partial charge in [-0.15, -0.1) is 11.3 Å². The van der Waals surface area contributed by atoms with Crippen molar-refractivity contribution in [3.63, 3.8) is 0 Å². The summed E-state index contributed by atoms with van der Waals surface area (Å²) >= 11 is 1.78. The van der Waals surface area contributed by atoms with Crippen LogP contribution in [0.25, 0.3) is 0 Å². The van der Waals surface area contributed by atoms with E-state index < -0.39 is 0 Å². The van der Waals surface area contributed by atoms with Crippen LogP contribution in [0.15, 0.2) is 22.5 Å². The maximum atomic E-state index is 5.89. The lowest BCUT2D eigenvalue weighted by atomic mass is 10.3. The number of nitrogens with zero attached hydrogens (tertiary/aromatic N) is 3. The van der Waals surface area contributed by atoms with Gasteiger partial charge in [-0.3, -0.25) is 9.89 Å². The molecule has 0 spiro atoms. The van der Waals surface area contributed by atoms with Crippen molar-refractivity contribution in [3.05, 3.63) is 22.4 Å². The lowest BCUT2D eigenvalue weighted by molar-refractivity contribution is 0.140. The molecule has 6 heteroatoms. The lowest BCUT2D eigenvalue weighted by Gasteiger charge is -2.33. The zero-order valence-electron chi connectivity index (χ0n) is 12.9. The smallest absolute Gasteiger partial charge is 0.188 e. The van der Waals surface area contributed by atoms with Crippen LogP contribution in [0.5, 0.6) is 0 Å². The van der Waals surface area contributed by atoms with Crippen molar-refractivity contribution in [2.24, 2.45) is 10.7 Å². The van der Waals surface area contributed by atoms with Crippen molar-refractivity contribution < 1.29 is 0 Å². The molecule has 1 fully saturated rings. The highest BCUT2D eigenvalue weighted by Crippen LogP contribution is 2.07. The predicted molar refractivity (Wildman–Crippen MR) is 91.1 cm³/mol. The molecule has 1 aliphatic heterocycles. The van der Waals surface area contributed by atoms with E-state index in [-0.39, 0.29) is 0 Å². The molecular weight excluding hydrogens is 282 g/mol. The summed E-state index contributed by atoms with van der Waals surface area (Å²) in [6.45, 7) is 10.7. The number of nitrogens with two attached hydrogens (primary N) is 1. The summed E-state index contributed by atoms with van der Waals surface area (Å²) in [7, 11) is 0. The fourth-order valence-corrected chi connectivity index (χ4v) is 3.17. The predicted octanol–water partition coefficient (Wildman–Crippen LogP) is 0.832. The second-order valence-corrected chi connectivity index (χ2v) is 6.33. The summed E-state index contributed by atoms with van der Waals surface area (Å²) in [5, 5.41) is 5.28. The van der Waals surface area contributed by atoms with Gasteiger partial charge in [-0.2, -0.15) is 0 Å². The van der Waals surface area contributed by atoms with Crippen LogP contribution in [0.2, 0.25) is 0 Å². The van der Waals surface area contributed by atoms with Crippen molar-refractivity contribution >= 4 is 17.3 Å². The first kappa shape index (κ1) is 16.3. The van der Waals surface area contributed by atoms with Crippen LogP contribution in [0.1, 0.15) is 11.8 Å². The van der Waals surface area contributed by atoms with Crippen molar-refractivity contribution in [3.8, 4) is 0 Å². The minimum Gasteiger partial charge on any atom is -0.370 e. The number of nitrogens with one attached hydrogen (secondary N) is 1. The Kier molecular flexibility index (Phi) is 6.99. The molecule has 0 bridgehead atoms. The minimum absolute atomic E-state index is 0.568. The van der Waals surface area contributed by atoms with Gasteiger partial charge in [-0.25, -0.2) is 0 Å². The quantitative estimate of drug-likeness (QED) is 0.579. The zero-order chi connectivity index (χ0) is 14.9. The molecule has 3 N–H and O–H groups in total. The normalized spacial score (nSPS) is 18.0. The Bertz CT molecular complexity index is 410. The molecule has 0 amide bonds. The summed E-state index contributed by atoms with van der Waals surface area (Å²) in [4.78, 5) is 10.7. The number of rotatable bonds is 7. The highest BCUT2D eigenvalue weighted by molar-refractivity contribution is 7.09. The van der Waals surface area contributed by atoms with Crippen molar-refractivity contribution in [2.75, 3.05) is 52.4 Å². The van der Waals surface area contributed by atoms with Crippen LogP contribution in [-0.4, -0.2) is 68.1 Å². The van der Waals surface area contributed by atoms with Crippen LogP contribution < -0.4 is 11.1 Å². The summed E-state index contributed by atoms with van der Waals surface area (Å²) in [6.07, 6.45) is 1.01. The van der Waals surface area contributed by atoms with Crippen LogP contribution >= 0.6 is 11.3 Å². The van der Waals surface area contributed by atoms with Crippen molar-refractivity contribution in [1.29, 1.82) is 0 Å². The molecule has 1 aromatic heterocycles. The molecule has 118 valence electrons. The number of hydrogen-bond donors (Lipinski definition) is 2. The summed E-state index contributed by atoms with van der Waals surface area (Å²) < 4.78 is 0. The SMILES string of the molecule is CCN1CCN(CCN=C(N)NCCc2cccs2)CC1. The van der Waals surface area contributed by atoms with Crippen molar-refractivity contribution in [2.45, 2.75) is 13.3 Å². The molecule has 2 rings (SSSR count). The van der Waals surface area contributed by atoms with E-state index in [1.165, 1.54) is 18.0 Å². The highest BCUT2D eigenvalue weighted by atomic mass is 32.1. The maximum Gasteiger partial charge on any atom is 0.188 e. The molecule has 0 unspecified atom stereocenters. The molecular formula is C15H27N5S. The van der Waals surface area contributed by atoms with Crippen LogP contribution in [-0.2, 0) is 6.42 Å². The van der Waals surface area contributed by atoms with Gasteiger partial charge in [0.15, 0.2) is 5.96 Å². The van der Waals surface area contributed by atoms with Crippen LogP contribution in [0, 0.1) is 0 Å². The molecule has 21 heavy (non-hydrogen) atoms.